The van der Waals surface area contributed by atoms with Crippen molar-refractivity contribution in [1.29, 1.82) is 0 Å². The lowest BCUT2D eigenvalue weighted by molar-refractivity contribution is 0.489. The molecule has 0 aliphatic carbocycles. The van der Waals surface area contributed by atoms with E-state index in [1.165, 1.54) is 38.5 Å². The van der Waals surface area contributed by atoms with E-state index in [2.05, 4.69) is 37.9 Å². The summed E-state index contributed by atoms with van der Waals surface area (Å²) in [5.74, 6) is 1.25. The van der Waals surface area contributed by atoms with Crippen LogP contribution < -0.4 is 0 Å². The Balaban J connectivity index is 0. The average molecular weight is 242 g/mol. The molecule has 1 aromatic heterocycles. The Kier molecular flexibility index (Phi) is 16.5. The normalized spacial score (nSPS) is 8.82. The van der Waals surface area contributed by atoms with Crippen molar-refractivity contribution in [3.63, 3.8) is 0 Å². The molecule has 0 aromatic carbocycles. The summed E-state index contributed by atoms with van der Waals surface area (Å²) in [6.07, 6.45) is 8.15. The molecule has 17 heavy (non-hydrogen) atoms. The zero-order chi connectivity index (χ0) is 13.5. The minimum atomic E-state index is 0.623. The van der Waals surface area contributed by atoms with E-state index >= 15 is 0 Å². The van der Waals surface area contributed by atoms with E-state index in [0.717, 1.165) is 0 Å². The maximum absolute atomic E-state index is 4.86. The molecule has 1 heterocycles. The molecule has 1 rings (SSSR count). The molecule has 0 N–H and O–H groups in total. The number of aromatic nitrogens is 2. The molecule has 0 radical (unpaired) electrons. The molecule has 0 saturated heterocycles. The maximum Gasteiger partial charge on any atom is 0.213 e. The molecule has 0 amide bonds. The van der Waals surface area contributed by atoms with E-state index < -0.39 is 0 Å². The summed E-state index contributed by atoms with van der Waals surface area (Å²) in [7, 11) is 0. The van der Waals surface area contributed by atoms with Gasteiger partial charge in [0.25, 0.3) is 0 Å². The van der Waals surface area contributed by atoms with E-state index in [0.29, 0.717) is 11.8 Å². The lowest BCUT2D eigenvalue weighted by Crippen LogP contribution is -1.68. The average Bonchev–Trinajstić information content (AvgIpc) is 2.66. The summed E-state index contributed by atoms with van der Waals surface area (Å²) < 4.78 is 4.86. The van der Waals surface area contributed by atoms with Gasteiger partial charge in [0.1, 0.15) is 0 Å². The number of rotatable bonds is 4. The van der Waals surface area contributed by atoms with Crippen molar-refractivity contribution in [2.24, 2.45) is 0 Å². The lowest BCUT2D eigenvalue weighted by atomic mass is 10.3. The van der Waals surface area contributed by atoms with Crippen LogP contribution in [-0.2, 0) is 0 Å². The second kappa shape index (κ2) is 15.1. The van der Waals surface area contributed by atoms with Crippen LogP contribution in [0.5, 0.6) is 0 Å². The molecule has 3 heteroatoms. The third kappa shape index (κ3) is 17.7. The van der Waals surface area contributed by atoms with Gasteiger partial charge in [0.2, 0.25) is 11.8 Å². The Morgan fingerprint density at radius 3 is 1.06 bits per heavy atom. The minimum absolute atomic E-state index is 0.623. The van der Waals surface area contributed by atoms with E-state index in [1.807, 2.05) is 0 Å². The Morgan fingerprint density at radius 1 is 0.706 bits per heavy atom. The Labute approximate surface area is 107 Å². The van der Waals surface area contributed by atoms with Crippen LogP contribution in [0.3, 0.4) is 0 Å². The van der Waals surface area contributed by atoms with Crippen LogP contribution in [0.15, 0.2) is 4.42 Å². The van der Waals surface area contributed by atoms with Gasteiger partial charge in [-0.15, -0.1) is 10.2 Å². The van der Waals surface area contributed by atoms with Gasteiger partial charge in [0.15, 0.2) is 0 Å². The number of hydrogen-bond donors (Lipinski definition) is 0. The highest BCUT2D eigenvalue weighted by molar-refractivity contribution is 4.72. The monoisotopic (exact) mass is 242 g/mol. The Morgan fingerprint density at radius 2 is 1.00 bits per heavy atom. The summed E-state index contributed by atoms with van der Waals surface area (Å²) in [6.45, 7) is 12.4. The lowest BCUT2D eigenvalue weighted by Gasteiger charge is -1.79. The summed E-state index contributed by atoms with van der Waals surface area (Å²) >= 11 is 0. The minimum Gasteiger partial charge on any atom is -0.426 e. The smallest absolute Gasteiger partial charge is 0.213 e. The van der Waals surface area contributed by atoms with Gasteiger partial charge in [-0.2, -0.15) is 0 Å². The molecule has 0 spiro atoms. The first-order chi connectivity index (χ1) is 8.12. The van der Waals surface area contributed by atoms with Crippen LogP contribution in [0.4, 0.5) is 0 Å². The summed E-state index contributed by atoms with van der Waals surface area (Å²) in [4.78, 5) is 0. The molecular formula is C14H30N2O. The summed E-state index contributed by atoms with van der Waals surface area (Å²) in [6, 6.07) is 0. The fourth-order valence-electron chi connectivity index (χ4n) is 1.10. The first kappa shape index (κ1) is 18.5. The highest BCUT2D eigenvalue weighted by Crippen LogP contribution is 1.92. The molecule has 3 nitrogen and oxygen atoms in total. The fourth-order valence-corrected chi connectivity index (χ4v) is 1.10. The van der Waals surface area contributed by atoms with Gasteiger partial charge in [-0.05, 0) is 0 Å². The maximum atomic E-state index is 4.86. The van der Waals surface area contributed by atoms with Crippen molar-refractivity contribution in [1.82, 2.24) is 10.2 Å². The molecule has 1 aromatic rings. The molecular weight excluding hydrogens is 212 g/mol. The molecule has 102 valence electrons. The Hall–Kier alpha value is -0.860. The van der Waals surface area contributed by atoms with Gasteiger partial charge in [0.05, 0.1) is 0 Å². The van der Waals surface area contributed by atoms with Crippen molar-refractivity contribution in [2.45, 2.75) is 80.1 Å². The number of unbranched alkanes of at least 4 members (excludes halogenated alkanes) is 4. The molecule has 0 aliphatic rings. The van der Waals surface area contributed by atoms with Crippen LogP contribution >= 0.6 is 0 Å². The molecule has 0 saturated carbocycles. The van der Waals surface area contributed by atoms with Crippen LogP contribution in [0.25, 0.3) is 0 Å². The van der Waals surface area contributed by atoms with E-state index in [1.54, 1.807) is 13.8 Å². The third-order valence-corrected chi connectivity index (χ3v) is 2.04. The van der Waals surface area contributed by atoms with Crippen LogP contribution in [0, 0.1) is 13.8 Å². The van der Waals surface area contributed by atoms with Gasteiger partial charge in [0, 0.05) is 13.8 Å². The zero-order valence-electron chi connectivity index (χ0n) is 12.5. The largest absolute Gasteiger partial charge is 0.426 e. The SMILES string of the molecule is CCCCC.CCCCC.Cc1nnc(C)o1. The summed E-state index contributed by atoms with van der Waals surface area (Å²) in [5, 5.41) is 7.20. The highest BCUT2D eigenvalue weighted by atomic mass is 16.4. The van der Waals surface area contributed by atoms with Crippen LogP contribution in [0.1, 0.15) is 78.0 Å². The molecule has 0 atom stereocenters. The number of aryl methyl sites for hydroxylation is 2. The number of hydrogen-bond acceptors (Lipinski definition) is 3. The van der Waals surface area contributed by atoms with Crippen molar-refractivity contribution >= 4 is 0 Å². The van der Waals surface area contributed by atoms with Gasteiger partial charge in [-0.3, -0.25) is 0 Å². The van der Waals surface area contributed by atoms with Crippen LogP contribution in [0.2, 0.25) is 0 Å². The van der Waals surface area contributed by atoms with Crippen molar-refractivity contribution in [3.8, 4) is 0 Å². The second-order valence-electron chi connectivity index (χ2n) is 4.05. The van der Waals surface area contributed by atoms with Gasteiger partial charge in [-0.25, -0.2) is 0 Å². The highest BCUT2D eigenvalue weighted by Gasteiger charge is 1.89. The molecule has 0 fully saturated rings. The number of nitrogens with zero attached hydrogens (tertiary/aromatic N) is 2. The van der Waals surface area contributed by atoms with Gasteiger partial charge in [-0.1, -0.05) is 66.2 Å². The third-order valence-electron chi connectivity index (χ3n) is 2.04. The van der Waals surface area contributed by atoms with Crippen molar-refractivity contribution < 1.29 is 4.42 Å². The van der Waals surface area contributed by atoms with Crippen molar-refractivity contribution in [2.75, 3.05) is 0 Å². The first-order valence-corrected chi connectivity index (χ1v) is 6.88. The van der Waals surface area contributed by atoms with E-state index in [4.69, 9.17) is 4.42 Å². The summed E-state index contributed by atoms with van der Waals surface area (Å²) in [5.41, 5.74) is 0. The molecule has 0 bridgehead atoms. The van der Waals surface area contributed by atoms with Gasteiger partial charge >= 0.3 is 0 Å². The van der Waals surface area contributed by atoms with Gasteiger partial charge < -0.3 is 4.42 Å². The van der Waals surface area contributed by atoms with E-state index in [-0.39, 0.29) is 0 Å². The first-order valence-electron chi connectivity index (χ1n) is 6.88. The van der Waals surface area contributed by atoms with E-state index in [9.17, 15) is 0 Å². The van der Waals surface area contributed by atoms with Crippen LogP contribution in [-0.4, -0.2) is 10.2 Å². The quantitative estimate of drug-likeness (QED) is 0.739. The molecule has 0 unspecified atom stereocenters. The standard InChI is InChI=1S/2C5H12.C4H6N2O/c2*1-3-5-4-2;1-3-5-6-4(2)7-3/h2*3-5H2,1-2H3;1-2H3. The predicted molar refractivity (Wildman–Crippen MR) is 74.2 cm³/mol. The Bertz CT molecular complexity index is 207. The second-order valence-corrected chi connectivity index (χ2v) is 4.05. The fraction of sp³-hybridized carbons (Fsp3) is 0.857. The predicted octanol–water partition coefficient (Wildman–Crippen LogP) is 5.08. The topological polar surface area (TPSA) is 38.9 Å². The molecule has 0 aliphatic heterocycles. The zero-order valence-corrected chi connectivity index (χ0v) is 12.5. The van der Waals surface area contributed by atoms with Crippen molar-refractivity contribution in [3.05, 3.63) is 11.8 Å².